The van der Waals surface area contributed by atoms with E-state index in [2.05, 4.69) is 0 Å². The molecular formula is C14H18FNO3. The number of methoxy groups -OCH3 is 1. The summed E-state index contributed by atoms with van der Waals surface area (Å²) in [5.74, 6) is -0.448. The Balaban J connectivity index is 2.01. The normalized spacial score (nSPS) is 20.3. The highest BCUT2D eigenvalue weighted by molar-refractivity contribution is 5.97. The molecule has 19 heavy (non-hydrogen) atoms. The summed E-state index contributed by atoms with van der Waals surface area (Å²) in [5, 5.41) is 0. The van der Waals surface area contributed by atoms with E-state index in [9.17, 15) is 9.18 Å². The maximum atomic E-state index is 13.5. The fourth-order valence-corrected chi connectivity index (χ4v) is 2.17. The van der Waals surface area contributed by atoms with Crippen molar-refractivity contribution < 1.29 is 18.7 Å². The van der Waals surface area contributed by atoms with Crippen LogP contribution in [0.1, 0.15) is 17.3 Å². The molecular weight excluding hydrogens is 249 g/mol. The van der Waals surface area contributed by atoms with Crippen LogP contribution in [0.5, 0.6) is 5.75 Å². The van der Waals surface area contributed by atoms with Crippen LogP contribution in [0, 0.1) is 5.82 Å². The Labute approximate surface area is 112 Å². The quantitative estimate of drug-likeness (QED) is 0.779. The molecule has 0 aromatic heterocycles. The highest BCUT2D eigenvalue weighted by Gasteiger charge is 2.20. The molecule has 1 aliphatic rings. The number of hydrogen-bond acceptors (Lipinski definition) is 4. The SMILES string of the molecule is COc1ccc(C(=O)CN2CCOC(C)C2)cc1F. The lowest BCUT2D eigenvalue weighted by Crippen LogP contribution is -2.43. The van der Waals surface area contributed by atoms with E-state index in [1.807, 2.05) is 11.8 Å². The van der Waals surface area contributed by atoms with Crippen LogP contribution >= 0.6 is 0 Å². The van der Waals surface area contributed by atoms with Crippen LogP contribution in [0.15, 0.2) is 18.2 Å². The largest absolute Gasteiger partial charge is 0.494 e. The molecule has 0 bridgehead atoms. The minimum Gasteiger partial charge on any atom is -0.494 e. The predicted octanol–water partition coefficient (Wildman–Crippen LogP) is 1.74. The van der Waals surface area contributed by atoms with Gasteiger partial charge in [0.25, 0.3) is 0 Å². The first-order valence-corrected chi connectivity index (χ1v) is 6.31. The van der Waals surface area contributed by atoms with Crippen LogP contribution in [0.4, 0.5) is 4.39 Å². The zero-order valence-electron chi connectivity index (χ0n) is 11.2. The van der Waals surface area contributed by atoms with Crippen molar-refractivity contribution in [2.24, 2.45) is 0 Å². The number of morpholine rings is 1. The highest BCUT2D eigenvalue weighted by Crippen LogP contribution is 2.18. The number of ether oxygens (including phenoxy) is 2. The van der Waals surface area contributed by atoms with Gasteiger partial charge in [0.15, 0.2) is 17.3 Å². The van der Waals surface area contributed by atoms with Gasteiger partial charge in [0.1, 0.15) is 0 Å². The molecule has 1 aliphatic heterocycles. The number of benzene rings is 1. The van der Waals surface area contributed by atoms with Crippen LogP contribution in [0.2, 0.25) is 0 Å². The lowest BCUT2D eigenvalue weighted by Gasteiger charge is -2.30. The van der Waals surface area contributed by atoms with Gasteiger partial charge >= 0.3 is 0 Å². The number of rotatable bonds is 4. The molecule has 1 aromatic carbocycles. The summed E-state index contributed by atoms with van der Waals surface area (Å²) in [5.41, 5.74) is 0.373. The zero-order chi connectivity index (χ0) is 13.8. The molecule has 2 rings (SSSR count). The molecule has 1 unspecified atom stereocenters. The van der Waals surface area contributed by atoms with Gasteiger partial charge in [-0.3, -0.25) is 9.69 Å². The fourth-order valence-electron chi connectivity index (χ4n) is 2.17. The van der Waals surface area contributed by atoms with E-state index in [4.69, 9.17) is 9.47 Å². The van der Waals surface area contributed by atoms with Crippen molar-refractivity contribution in [3.05, 3.63) is 29.6 Å². The van der Waals surface area contributed by atoms with Crippen LogP contribution in [-0.2, 0) is 4.74 Å². The molecule has 1 aromatic rings. The minimum atomic E-state index is -0.510. The Morgan fingerprint density at radius 2 is 2.37 bits per heavy atom. The highest BCUT2D eigenvalue weighted by atomic mass is 19.1. The number of carbonyl (C=O) groups excluding carboxylic acids is 1. The Morgan fingerprint density at radius 3 is 3.00 bits per heavy atom. The molecule has 0 N–H and O–H groups in total. The smallest absolute Gasteiger partial charge is 0.176 e. The first-order chi connectivity index (χ1) is 9.10. The first-order valence-electron chi connectivity index (χ1n) is 6.31. The summed E-state index contributed by atoms with van der Waals surface area (Å²) >= 11 is 0. The maximum absolute atomic E-state index is 13.5. The molecule has 0 saturated carbocycles. The number of halogens is 1. The third-order valence-electron chi connectivity index (χ3n) is 3.17. The van der Waals surface area contributed by atoms with Gasteiger partial charge in [0.2, 0.25) is 0 Å². The maximum Gasteiger partial charge on any atom is 0.176 e. The van der Waals surface area contributed by atoms with Crippen molar-refractivity contribution in [2.45, 2.75) is 13.0 Å². The van der Waals surface area contributed by atoms with Crippen LogP contribution in [0.25, 0.3) is 0 Å². The van der Waals surface area contributed by atoms with Gasteiger partial charge < -0.3 is 9.47 Å². The Hall–Kier alpha value is -1.46. The number of hydrogen-bond donors (Lipinski definition) is 0. The average molecular weight is 267 g/mol. The van der Waals surface area contributed by atoms with Crippen LogP contribution in [0.3, 0.4) is 0 Å². The molecule has 104 valence electrons. The van der Waals surface area contributed by atoms with Crippen molar-refractivity contribution in [2.75, 3.05) is 33.4 Å². The third-order valence-corrected chi connectivity index (χ3v) is 3.17. The summed E-state index contributed by atoms with van der Waals surface area (Å²) in [6, 6.07) is 4.30. The molecule has 5 heteroatoms. The Kier molecular flexibility index (Phi) is 4.50. The lowest BCUT2D eigenvalue weighted by atomic mass is 10.1. The van der Waals surface area contributed by atoms with Crippen LogP contribution in [-0.4, -0.2) is 50.1 Å². The average Bonchev–Trinajstić information content (AvgIpc) is 2.38. The van der Waals surface area contributed by atoms with E-state index < -0.39 is 5.82 Å². The van der Waals surface area contributed by atoms with E-state index in [1.54, 1.807) is 6.07 Å². The van der Waals surface area contributed by atoms with E-state index in [1.165, 1.54) is 19.2 Å². The minimum absolute atomic E-state index is 0.0874. The van der Waals surface area contributed by atoms with E-state index in [-0.39, 0.29) is 17.6 Å². The molecule has 0 radical (unpaired) electrons. The van der Waals surface area contributed by atoms with Gasteiger partial charge in [-0.25, -0.2) is 4.39 Å². The van der Waals surface area contributed by atoms with Crippen molar-refractivity contribution in [3.63, 3.8) is 0 Å². The summed E-state index contributed by atoms with van der Waals surface area (Å²) in [6.07, 6.45) is 0.133. The molecule has 0 amide bonds. The Morgan fingerprint density at radius 1 is 1.58 bits per heavy atom. The number of nitrogens with zero attached hydrogens (tertiary/aromatic N) is 1. The molecule has 0 aliphatic carbocycles. The summed E-state index contributed by atoms with van der Waals surface area (Å²) < 4.78 is 23.8. The molecule has 0 spiro atoms. The standard InChI is InChI=1S/C14H18FNO3/c1-10-8-16(5-6-19-10)9-13(17)11-3-4-14(18-2)12(15)7-11/h3-4,7,10H,5-6,8-9H2,1-2H3. The van der Waals surface area contributed by atoms with Gasteiger partial charge in [-0.15, -0.1) is 0 Å². The third kappa shape index (κ3) is 3.52. The van der Waals surface area contributed by atoms with E-state index >= 15 is 0 Å². The monoisotopic (exact) mass is 267 g/mol. The number of ketones is 1. The topological polar surface area (TPSA) is 38.8 Å². The van der Waals surface area contributed by atoms with Crippen molar-refractivity contribution >= 4 is 5.78 Å². The zero-order valence-corrected chi connectivity index (χ0v) is 11.2. The van der Waals surface area contributed by atoms with Crippen molar-refractivity contribution in [1.82, 2.24) is 4.90 Å². The van der Waals surface area contributed by atoms with Gasteiger partial charge in [-0.1, -0.05) is 0 Å². The van der Waals surface area contributed by atoms with E-state index in [0.29, 0.717) is 18.7 Å². The van der Waals surface area contributed by atoms with Gasteiger partial charge in [-0.2, -0.15) is 0 Å². The lowest BCUT2D eigenvalue weighted by molar-refractivity contribution is -0.0158. The molecule has 1 saturated heterocycles. The van der Waals surface area contributed by atoms with Gasteiger partial charge in [-0.05, 0) is 25.1 Å². The second-order valence-corrected chi connectivity index (χ2v) is 4.69. The second kappa shape index (κ2) is 6.12. The number of Topliss-reactive ketones (excluding diaryl/α,β-unsaturated/α-hetero) is 1. The summed E-state index contributed by atoms with van der Waals surface area (Å²) in [4.78, 5) is 14.1. The van der Waals surface area contributed by atoms with Gasteiger partial charge in [0.05, 0.1) is 26.4 Å². The molecule has 1 fully saturated rings. The predicted molar refractivity (Wildman–Crippen MR) is 69.1 cm³/mol. The molecule has 1 heterocycles. The molecule has 1 atom stereocenters. The van der Waals surface area contributed by atoms with Crippen molar-refractivity contribution in [1.29, 1.82) is 0 Å². The summed E-state index contributed by atoms with van der Waals surface area (Å²) in [7, 11) is 1.40. The Bertz CT molecular complexity index is 464. The van der Waals surface area contributed by atoms with Gasteiger partial charge in [0, 0.05) is 18.7 Å². The van der Waals surface area contributed by atoms with Crippen molar-refractivity contribution in [3.8, 4) is 5.75 Å². The van der Waals surface area contributed by atoms with E-state index in [0.717, 1.165) is 13.1 Å². The molecule has 4 nitrogen and oxygen atoms in total. The number of carbonyl (C=O) groups is 1. The second-order valence-electron chi connectivity index (χ2n) is 4.69. The fraction of sp³-hybridized carbons (Fsp3) is 0.500. The van der Waals surface area contributed by atoms with Crippen LogP contribution < -0.4 is 4.74 Å². The summed E-state index contributed by atoms with van der Waals surface area (Å²) in [6.45, 7) is 4.35. The first kappa shape index (κ1) is 14.0.